The van der Waals surface area contributed by atoms with Gasteiger partial charge < -0.3 is 14.8 Å². The summed E-state index contributed by atoms with van der Waals surface area (Å²) in [6.07, 6.45) is -5.84. The Morgan fingerprint density at radius 1 is 1.14 bits per heavy atom. The van der Waals surface area contributed by atoms with Crippen LogP contribution in [0.3, 0.4) is 0 Å². The number of benzene rings is 2. The second-order valence-corrected chi connectivity index (χ2v) is 5.75. The van der Waals surface area contributed by atoms with Gasteiger partial charge in [0.2, 0.25) is 0 Å². The SMILES string of the molecule is COc1cc([N+](=O)[O-])ccc1NC(=O)[C@@H](C)OC(=O)c1ccc(C(F)(F)F)cc1. The van der Waals surface area contributed by atoms with Crippen molar-refractivity contribution in [3.63, 3.8) is 0 Å². The van der Waals surface area contributed by atoms with Crippen LogP contribution in [0.4, 0.5) is 24.5 Å². The number of rotatable bonds is 6. The number of carbonyl (C=O) groups excluding carboxylic acids is 2. The van der Waals surface area contributed by atoms with E-state index in [1.54, 1.807) is 0 Å². The third kappa shape index (κ3) is 5.43. The minimum atomic E-state index is -4.54. The highest BCUT2D eigenvalue weighted by atomic mass is 19.4. The molecule has 1 N–H and O–H groups in total. The van der Waals surface area contributed by atoms with Crippen LogP contribution in [-0.2, 0) is 15.7 Å². The van der Waals surface area contributed by atoms with Gasteiger partial charge in [0.15, 0.2) is 6.10 Å². The normalized spacial score (nSPS) is 12.0. The van der Waals surface area contributed by atoms with E-state index in [0.717, 1.165) is 36.4 Å². The number of nitro groups is 1. The van der Waals surface area contributed by atoms with Gasteiger partial charge in [-0.1, -0.05) is 0 Å². The Bertz CT molecular complexity index is 928. The molecule has 0 spiro atoms. The van der Waals surface area contributed by atoms with Gasteiger partial charge in [0.05, 0.1) is 34.9 Å². The number of amides is 1. The summed E-state index contributed by atoms with van der Waals surface area (Å²) in [6, 6.07) is 6.83. The fourth-order valence-electron chi connectivity index (χ4n) is 2.21. The van der Waals surface area contributed by atoms with Crippen LogP contribution in [-0.4, -0.2) is 30.0 Å². The molecule has 1 atom stereocenters. The van der Waals surface area contributed by atoms with Crippen molar-refractivity contribution in [2.75, 3.05) is 12.4 Å². The Hall–Kier alpha value is -3.63. The van der Waals surface area contributed by atoms with Crippen molar-refractivity contribution >= 4 is 23.3 Å². The Morgan fingerprint density at radius 2 is 1.76 bits per heavy atom. The number of alkyl halides is 3. The molecule has 0 unspecified atom stereocenters. The first-order valence-electron chi connectivity index (χ1n) is 8.04. The van der Waals surface area contributed by atoms with E-state index in [1.807, 2.05) is 0 Å². The number of methoxy groups -OCH3 is 1. The Labute approximate surface area is 162 Å². The van der Waals surface area contributed by atoms with Gasteiger partial charge in [-0.25, -0.2) is 4.79 Å². The lowest BCUT2D eigenvalue weighted by molar-refractivity contribution is -0.384. The molecule has 0 saturated heterocycles. The zero-order chi connectivity index (χ0) is 21.8. The molecule has 8 nitrogen and oxygen atoms in total. The fraction of sp³-hybridized carbons (Fsp3) is 0.222. The largest absolute Gasteiger partial charge is 0.494 e. The molecule has 2 aromatic rings. The lowest BCUT2D eigenvalue weighted by atomic mass is 10.1. The minimum absolute atomic E-state index is 0.0221. The topological polar surface area (TPSA) is 108 Å². The molecule has 0 saturated carbocycles. The lowest BCUT2D eigenvalue weighted by Crippen LogP contribution is -2.30. The van der Waals surface area contributed by atoms with Crippen LogP contribution in [0.5, 0.6) is 5.75 Å². The third-order valence-corrected chi connectivity index (χ3v) is 3.75. The van der Waals surface area contributed by atoms with Crippen LogP contribution in [0.2, 0.25) is 0 Å². The first-order chi connectivity index (χ1) is 13.5. The van der Waals surface area contributed by atoms with Gasteiger partial charge in [0, 0.05) is 6.07 Å². The van der Waals surface area contributed by atoms with E-state index in [1.165, 1.54) is 20.1 Å². The molecular weight excluding hydrogens is 397 g/mol. The Kier molecular flexibility index (Phi) is 6.42. The van der Waals surface area contributed by atoms with Crippen molar-refractivity contribution < 1.29 is 37.2 Å². The summed E-state index contributed by atoms with van der Waals surface area (Å²) in [6.45, 7) is 1.26. The maximum Gasteiger partial charge on any atom is 0.416 e. The molecule has 0 aliphatic rings. The molecule has 154 valence electrons. The van der Waals surface area contributed by atoms with Crippen LogP contribution in [0.1, 0.15) is 22.8 Å². The average Bonchev–Trinajstić information content (AvgIpc) is 2.67. The van der Waals surface area contributed by atoms with E-state index >= 15 is 0 Å². The van der Waals surface area contributed by atoms with Crippen molar-refractivity contribution in [3.8, 4) is 5.75 Å². The number of esters is 1. The van der Waals surface area contributed by atoms with Gasteiger partial charge in [0.1, 0.15) is 5.75 Å². The molecule has 2 aromatic carbocycles. The van der Waals surface area contributed by atoms with E-state index in [4.69, 9.17) is 9.47 Å². The number of carbonyl (C=O) groups is 2. The van der Waals surface area contributed by atoms with Gasteiger partial charge in [-0.15, -0.1) is 0 Å². The van der Waals surface area contributed by atoms with Gasteiger partial charge in [-0.05, 0) is 37.3 Å². The van der Waals surface area contributed by atoms with Gasteiger partial charge in [0.25, 0.3) is 11.6 Å². The summed E-state index contributed by atoms with van der Waals surface area (Å²) in [4.78, 5) is 34.4. The van der Waals surface area contributed by atoms with Crippen LogP contribution >= 0.6 is 0 Å². The highest BCUT2D eigenvalue weighted by Crippen LogP contribution is 2.30. The monoisotopic (exact) mass is 412 g/mol. The predicted octanol–water partition coefficient (Wildman–Crippen LogP) is 3.81. The maximum absolute atomic E-state index is 12.6. The van der Waals surface area contributed by atoms with E-state index in [0.29, 0.717) is 0 Å². The van der Waals surface area contributed by atoms with E-state index in [-0.39, 0.29) is 22.7 Å². The molecule has 0 fully saturated rings. The van der Waals surface area contributed by atoms with Gasteiger partial charge in [-0.2, -0.15) is 13.2 Å². The number of anilines is 1. The smallest absolute Gasteiger partial charge is 0.416 e. The average molecular weight is 412 g/mol. The quantitative estimate of drug-likeness (QED) is 0.439. The first kappa shape index (κ1) is 21.7. The van der Waals surface area contributed by atoms with Crippen molar-refractivity contribution in [1.82, 2.24) is 0 Å². The molecule has 1 amide bonds. The van der Waals surface area contributed by atoms with Crippen molar-refractivity contribution in [2.24, 2.45) is 0 Å². The van der Waals surface area contributed by atoms with E-state index in [2.05, 4.69) is 5.32 Å². The highest BCUT2D eigenvalue weighted by Gasteiger charge is 2.30. The van der Waals surface area contributed by atoms with Crippen LogP contribution < -0.4 is 10.1 Å². The summed E-state index contributed by atoms with van der Waals surface area (Å²) in [5.74, 6) is -1.73. The van der Waals surface area contributed by atoms with E-state index in [9.17, 15) is 32.9 Å². The molecule has 11 heteroatoms. The number of halogens is 3. The molecular formula is C18H15F3N2O6. The Morgan fingerprint density at radius 3 is 2.28 bits per heavy atom. The molecule has 0 radical (unpaired) electrons. The number of nitrogens with one attached hydrogen (secondary N) is 1. The molecule has 0 bridgehead atoms. The first-order valence-corrected chi connectivity index (χ1v) is 8.04. The second-order valence-electron chi connectivity index (χ2n) is 5.75. The van der Waals surface area contributed by atoms with E-state index < -0.39 is 34.6 Å². The zero-order valence-electron chi connectivity index (χ0n) is 15.1. The molecule has 29 heavy (non-hydrogen) atoms. The molecule has 0 aliphatic heterocycles. The summed E-state index contributed by atoms with van der Waals surface area (Å²) in [7, 11) is 1.25. The Balaban J connectivity index is 2.05. The van der Waals surface area contributed by atoms with Crippen molar-refractivity contribution in [1.29, 1.82) is 0 Å². The van der Waals surface area contributed by atoms with Crippen LogP contribution in [0.15, 0.2) is 42.5 Å². The third-order valence-electron chi connectivity index (χ3n) is 3.75. The van der Waals surface area contributed by atoms with Crippen LogP contribution in [0.25, 0.3) is 0 Å². The molecule has 2 rings (SSSR count). The standard InChI is InChI=1S/C18H15F3N2O6/c1-10(29-17(25)11-3-5-12(6-4-11)18(19,20)21)16(24)22-14-8-7-13(23(26)27)9-15(14)28-2/h3-10H,1-2H3,(H,22,24)/t10-/m1/s1. The number of ether oxygens (including phenoxy) is 2. The summed E-state index contributed by atoms with van der Waals surface area (Å²) >= 11 is 0. The zero-order valence-corrected chi connectivity index (χ0v) is 15.1. The van der Waals surface area contributed by atoms with Gasteiger partial charge >= 0.3 is 12.1 Å². The molecule has 0 heterocycles. The summed E-state index contributed by atoms with van der Waals surface area (Å²) in [5.41, 5.74) is -1.22. The molecule has 0 aromatic heterocycles. The highest BCUT2D eigenvalue weighted by molar-refractivity contribution is 5.98. The summed E-state index contributed by atoms with van der Waals surface area (Å²) in [5, 5.41) is 13.2. The number of hydrogen-bond donors (Lipinski definition) is 1. The minimum Gasteiger partial charge on any atom is -0.494 e. The fourth-order valence-corrected chi connectivity index (χ4v) is 2.21. The lowest BCUT2D eigenvalue weighted by Gasteiger charge is -2.15. The number of hydrogen-bond acceptors (Lipinski definition) is 6. The second kappa shape index (κ2) is 8.59. The predicted molar refractivity (Wildman–Crippen MR) is 94.6 cm³/mol. The number of nitro benzene ring substituents is 1. The van der Waals surface area contributed by atoms with Crippen molar-refractivity contribution in [2.45, 2.75) is 19.2 Å². The maximum atomic E-state index is 12.6. The van der Waals surface area contributed by atoms with Gasteiger partial charge in [-0.3, -0.25) is 14.9 Å². The molecule has 0 aliphatic carbocycles. The van der Waals surface area contributed by atoms with Crippen LogP contribution in [0, 0.1) is 10.1 Å². The summed E-state index contributed by atoms with van der Waals surface area (Å²) < 4.78 is 47.6. The van der Waals surface area contributed by atoms with Crippen molar-refractivity contribution in [3.05, 3.63) is 63.7 Å². The number of non-ortho nitro benzene ring substituents is 1. The number of nitrogens with zero attached hydrogens (tertiary/aromatic N) is 1.